The molecule has 0 bridgehead atoms. The summed E-state index contributed by atoms with van der Waals surface area (Å²) in [5.41, 5.74) is 0.392. The Bertz CT molecular complexity index is 531. The van der Waals surface area contributed by atoms with E-state index in [1.165, 1.54) is 4.68 Å². The smallest absolute Gasteiger partial charge is 0.287 e. The van der Waals surface area contributed by atoms with Gasteiger partial charge in [-0.3, -0.25) is 4.79 Å². The van der Waals surface area contributed by atoms with Crippen LogP contribution < -0.4 is 16.2 Å². The lowest BCUT2D eigenvalue weighted by atomic mass is 10.00. The van der Waals surface area contributed by atoms with Crippen molar-refractivity contribution in [2.75, 3.05) is 32.5 Å². The van der Waals surface area contributed by atoms with Gasteiger partial charge in [-0.1, -0.05) is 11.6 Å². The quantitative estimate of drug-likeness (QED) is 0.849. The number of nitrogens with one attached hydrogen (secondary N) is 2. The monoisotopic (exact) mass is 313 g/mol. The summed E-state index contributed by atoms with van der Waals surface area (Å²) >= 11 is 6.21. The molecule has 2 unspecified atom stereocenters. The summed E-state index contributed by atoms with van der Waals surface area (Å²) in [6.45, 7) is 4.46. The first-order valence-corrected chi connectivity index (χ1v) is 7.77. The Hall–Kier alpha value is -1.11. The highest BCUT2D eigenvalue weighted by Crippen LogP contribution is 2.20. The SMILES string of the molecule is CC1NCCCC1Nc1cnn(CCN(C)C)c(=O)c1Cl. The summed E-state index contributed by atoms with van der Waals surface area (Å²) in [6, 6.07) is 0.626. The maximum absolute atomic E-state index is 12.2. The summed E-state index contributed by atoms with van der Waals surface area (Å²) in [6.07, 6.45) is 3.84. The van der Waals surface area contributed by atoms with E-state index < -0.39 is 0 Å². The molecule has 2 N–H and O–H groups in total. The van der Waals surface area contributed by atoms with E-state index in [0.29, 0.717) is 18.3 Å². The molecule has 118 valence electrons. The van der Waals surface area contributed by atoms with Gasteiger partial charge < -0.3 is 15.5 Å². The third-order valence-electron chi connectivity index (χ3n) is 3.85. The van der Waals surface area contributed by atoms with Crippen molar-refractivity contribution in [2.45, 2.75) is 38.4 Å². The van der Waals surface area contributed by atoms with Crippen LogP contribution in [0.4, 0.5) is 5.69 Å². The van der Waals surface area contributed by atoms with Gasteiger partial charge in [-0.05, 0) is 40.4 Å². The Morgan fingerprint density at radius 1 is 1.57 bits per heavy atom. The lowest BCUT2D eigenvalue weighted by molar-refractivity contribution is 0.367. The highest BCUT2D eigenvalue weighted by atomic mass is 35.5. The minimum Gasteiger partial charge on any atom is -0.378 e. The highest BCUT2D eigenvalue weighted by molar-refractivity contribution is 6.32. The molecule has 6 nitrogen and oxygen atoms in total. The first-order chi connectivity index (χ1) is 9.99. The zero-order valence-corrected chi connectivity index (χ0v) is 13.7. The van der Waals surface area contributed by atoms with Gasteiger partial charge in [-0.15, -0.1) is 0 Å². The molecule has 1 aromatic rings. The van der Waals surface area contributed by atoms with Gasteiger partial charge in [0.1, 0.15) is 5.02 Å². The maximum Gasteiger partial charge on any atom is 0.287 e. The van der Waals surface area contributed by atoms with E-state index in [1.54, 1.807) is 6.20 Å². The minimum atomic E-state index is -0.236. The van der Waals surface area contributed by atoms with Crippen molar-refractivity contribution >= 4 is 17.3 Å². The van der Waals surface area contributed by atoms with Crippen molar-refractivity contribution in [3.05, 3.63) is 21.6 Å². The fourth-order valence-corrected chi connectivity index (χ4v) is 2.66. The van der Waals surface area contributed by atoms with Crippen LogP contribution in [0.15, 0.2) is 11.0 Å². The summed E-state index contributed by atoms with van der Waals surface area (Å²) in [5, 5.41) is 11.2. The number of rotatable bonds is 5. The fourth-order valence-electron chi connectivity index (χ4n) is 2.46. The molecule has 1 aliphatic heterocycles. The van der Waals surface area contributed by atoms with Gasteiger partial charge in [0.05, 0.1) is 18.4 Å². The molecule has 0 saturated carbocycles. The number of halogens is 1. The standard InChI is InChI=1S/C14H24ClN5O/c1-10-11(5-4-6-16-10)18-12-9-17-20(8-7-19(2)3)14(21)13(12)15/h9-11,16,18H,4-8H2,1-3H3. The van der Waals surface area contributed by atoms with Crippen molar-refractivity contribution in [3.8, 4) is 0 Å². The number of likely N-dealkylation sites (N-methyl/N-ethyl adjacent to an activating group) is 1. The molecule has 2 atom stereocenters. The second-order valence-electron chi connectivity index (χ2n) is 5.84. The van der Waals surface area contributed by atoms with Crippen molar-refractivity contribution in [2.24, 2.45) is 0 Å². The van der Waals surface area contributed by atoms with E-state index in [2.05, 4.69) is 22.7 Å². The molecule has 1 saturated heterocycles. The van der Waals surface area contributed by atoms with Crippen LogP contribution >= 0.6 is 11.6 Å². The van der Waals surface area contributed by atoms with Crippen LogP contribution in [0.3, 0.4) is 0 Å². The van der Waals surface area contributed by atoms with Crippen LogP contribution in [0.1, 0.15) is 19.8 Å². The Morgan fingerprint density at radius 2 is 2.33 bits per heavy atom. The lowest BCUT2D eigenvalue weighted by Gasteiger charge is -2.31. The van der Waals surface area contributed by atoms with Crippen molar-refractivity contribution < 1.29 is 0 Å². The molecular weight excluding hydrogens is 290 g/mol. The molecule has 0 spiro atoms. The number of piperidine rings is 1. The minimum absolute atomic E-state index is 0.224. The summed E-state index contributed by atoms with van der Waals surface area (Å²) in [7, 11) is 3.92. The number of hydrogen-bond acceptors (Lipinski definition) is 5. The average molecular weight is 314 g/mol. The predicted octanol–water partition coefficient (Wildman–Crippen LogP) is 1.01. The molecule has 2 rings (SSSR count). The summed E-state index contributed by atoms with van der Waals surface area (Å²) in [5.74, 6) is 0. The number of nitrogens with zero attached hydrogens (tertiary/aromatic N) is 3. The molecule has 7 heteroatoms. The van der Waals surface area contributed by atoms with Gasteiger partial charge in [0.25, 0.3) is 5.56 Å². The second-order valence-corrected chi connectivity index (χ2v) is 6.22. The molecule has 1 aliphatic rings. The van der Waals surface area contributed by atoms with E-state index >= 15 is 0 Å². The Kier molecular flexibility index (Phi) is 5.61. The van der Waals surface area contributed by atoms with Crippen LogP contribution in [0, 0.1) is 0 Å². The van der Waals surface area contributed by atoms with Crippen LogP contribution in [-0.2, 0) is 6.54 Å². The normalized spacial score (nSPS) is 22.5. The van der Waals surface area contributed by atoms with Gasteiger partial charge in [-0.2, -0.15) is 5.10 Å². The van der Waals surface area contributed by atoms with Crippen LogP contribution in [0.5, 0.6) is 0 Å². The molecule has 1 aromatic heterocycles. The second kappa shape index (κ2) is 7.24. The summed E-state index contributed by atoms with van der Waals surface area (Å²) in [4.78, 5) is 14.2. The molecule has 0 radical (unpaired) electrons. The van der Waals surface area contributed by atoms with Crippen molar-refractivity contribution in [3.63, 3.8) is 0 Å². The van der Waals surface area contributed by atoms with Crippen molar-refractivity contribution in [1.82, 2.24) is 20.0 Å². The first-order valence-electron chi connectivity index (χ1n) is 7.39. The molecule has 0 aliphatic carbocycles. The van der Waals surface area contributed by atoms with E-state index in [-0.39, 0.29) is 16.6 Å². The van der Waals surface area contributed by atoms with Gasteiger partial charge in [0.15, 0.2) is 0 Å². The number of aromatic nitrogens is 2. The third-order valence-corrected chi connectivity index (χ3v) is 4.21. The molecule has 2 heterocycles. The van der Waals surface area contributed by atoms with Crippen LogP contribution in [-0.4, -0.2) is 53.9 Å². The van der Waals surface area contributed by atoms with E-state index in [1.807, 2.05) is 19.0 Å². The molecule has 1 fully saturated rings. The Labute approximate surface area is 130 Å². The van der Waals surface area contributed by atoms with Gasteiger partial charge in [-0.25, -0.2) is 4.68 Å². The molecular formula is C14H24ClN5O. The van der Waals surface area contributed by atoms with E-state index in [9.17, 15) is 4.79 Å². The van der Waals surface area contributed by atoms with Crippen LogP contribution in [0.2, 0.25) is 5.02 Å². The Morgan fingerprint density at radius 3 is 3.00 bits per heavy atom. The predicted molar refractivity (Wildman–Crippen MR) is 86.2 cm³/mol. The fraction of sp³-hybridized carbons (Fsp3) is 0.714. The van der Waals surface area contributed by atoms with E-state index in [4.69, 9.17) is 11.6 Å². The first kappa shape index (κ1) is 16.3. The van der Waals surface area contributed by atoms with Gasteiger partial charge in [0, 0.05) is 18.6 Å². The third kappa shape index (κ3) is 4.18. The van der Waals surface area contributed by atoms with Crippen LogP contribution in [0.25, 0.3) is 0 Å². The highest BCUT2D eigenvalue weighted by Gasteiger charge is 2.22. The zero-order valence-electron chi connectivity index (χ0n) is 12.9. The zero-order chi connectivity index (χ0) is 15.4. The largest absolute Gasteiger partial charge is 0.378 e. The summed E-state index contributed by atoms with van der Waals surface area (Å²) < 4.78 is 1.41. The van der Waals surface area contributed by atoms with Gasteiger partial charge in [0.2, 0.25) is 0 Å². The van der Waals surface area contributed by atoms with Gasteiger partial charge >= 0.3 is 0 Å². The van der Waals surface area contributed by atoms with E-state index in [0.717, 1.165) is 25.9 Å². The number of anilines is 1. The molecule has 0 amide bonds. The maximum atomic E-state index is 12.2. The Balaban J connectivity index is 2.11. The molecule has 0 aromatic carbocycles. The molecule has 21 heavy (non-hydrogen) atoms. The van der Waals surface area contributed by atoms with Crippen molar-refractivity contribution in [1.29, 1.82) is 0 Å². The lowest BCUT2D eigenvalue weighted by Crippen LogP contribution is -2.46. The number of hydrogen-bond donors (Lipinski definition) is 2. The topological polar surface area (TPSA) is 62.2 Å². The average Bonchev–Trinajstić information content (AvgIpc) is 2.45.